The van der Waals surface area contributed by atoms with Gasteiger partial charge in [-0.1, -0.05) is 6.92 Å². The van der Waals surface area contributed by atoms with Crippen LogP contribution >= 0.6 is 0 Å². The summed E-state index contributed by atoms with van der Waals surface area (Å²) < 4.78 is 26.0. The van der Waals surface area contributed by atoms with Gasteiger partial charge in [-0.2, -0.15) is 0 Å². The molecule has 1 aliphatic heterocycles. The Balaban J connectivity index is 1.98. The molecule has 0 unspecified atom stereocenters. The summed E-state index contributed by atoms with van der Waals surface area (Å²) in [6.07, 6.45) is 2.36. The lowest BCUT2D eigenvalue weighted by Crippen LogP contribution is -2.32. The number of halogens is 2. The Morgan fingerprint density at radius 3 is 2.25 bits per heavy atom. The van der Waals surface area contributed by atoms with Crippen LogP contribution < -0.4 is 0 Å². The Hall–Kier alpha value is -0.960. The first-order chi connectivity index (χ1) is 7.63. The molecular formula is C13H17F2N. The lowest BCUT2D eigenvalue weighted by Gasteiger charge is -2.30. The lowest BCUT2D eigenvalue weighted by molar-refractivity contribution is 0.185. The molecule has 88 valence electrons. The van der Waals surface area contributed by atoms with Crippen molar-refractivity contribution in [3.8, 4) is 0 Å². The molecule has 1 fully saturated rings. The van der Waals surface area contributed by atoms with Crippen molar-refractivity contribution in [1.82, 2.24) is 4.90 Å². The van der Waals surface area contributed by atoms with Crippen LogP contribution in [0.1, 0.15) is 25.3 Å². The van der Waals surface area contributed by atoms with Gasteiger partial charge in [-0.3, -0.25) is 4.90 Å². The molecule has 1 heterocycles. The zero-order valence-corrected chi connectivity index (χ0v) is 9.55. The zero-order chi connectivity index (χ0) is 11.5. The average molecular weight is 225 g/mol. The maximum atomic E-state index is 13.0. The van der Waals surface area contributed by atoms with Gasteiger partial charge < -0.3 is 0 Å². The fourth-order valence-electron chi connectivity index (χ4n) is 2.18. The summed E-state index contributed by atoms with van der Waals surface area (Å²) in [6, 6.07) is 3.75. The number of nitrogens with zero attached hydrogens (tertiary/aromatic N) is 1. The number of rotatable bonds is 2. The van der Waals surface area contributed by atoms with Gasteiger partial charge in [0, 0.05) is 12.6 Å². The highest BCUT2D eigenvalue weighted by atomic mass is 19.1. The maximum absolute atomic E-state index is 13.0. The third kappa shape index (κ3) is 3.01. The van der Waals surface area contributed by atoms with Crippen LogP contribution in [-0.2, 0) is 6.54 Å². The standard InChI is InChI=1S/C13H17F2N/c1-10-2-4-16(5-3-10)9-11-6-12(14)8-13(15)7-11/h6-8,10H,2-5,9H2,1H3. The Kier molecular flexibility index (Phi) is 3.54. The predicted molar refractivity (Wildman–Crippen MR) is 60.0 cm³/mol. The van der Waals surface area contributed by atoms with Gasteiger partial charge in [0.2, 0.25) is 0 Å². The van der Waals surface area contributed by atoms with Crippen LogP contribution in [0, 0.1) is 17.6 Å². The fraction of sp³-hybridized carbons (Fsp3) is 0.538. The van der Waals surface area contributed by atoms with Crippen LogP contribution in [-0.4, -0.2) is 18.0 Å². The van der Waals surface area contributed by atoms with E-state index in [9.17, 15) is 8.78 Å². The first-order valence-electron chi connectivity index (χ1n) is 5.81. The number of hydrogen-bond donors (Lipinski definition) is 0. The molecule has 0 saturated carbocycles. The van der Waals surface area contributed by atoms with Crippen LogP contribution in [0.4, 0.5) is 8.78 Å². The van der Waals surface area contributed by atoms with Gasteiger partial charge in [-0.15, -0.1) is 0 Å². The van der Waals surface area contributed by atoms with E-state index in [0.29, 0.717) is 6.54 Å². The van der Waals surface area contributed by atoms with E-state index >= 15 is 0 Å². The van der Waals surface area contributed by atoms with Crippen LogP contribution in [0.15, 0.2) is 18.2 Å². The Labute approximate surface area is 95.1 Å². The van der Waals surface area contributed by atoms with Crippen LogP contribution in [0.5, 0.6) is 0 Å². The predicted octanol–water partition coefficient (Wildman–Crippen LogP) is 3.20. The van der Waals surface area contributed by atoms with Gasteiger partial charge in [0.1, 0.15) is 11.6 Å². The fourth-order valence-corrected chi connectivity index (χ4v) is 2.18. The summed E-state index contributed by atoms with van der Waals surface area (Å²) >= 11 is 0. The van der Waals surface area contributed by atoms with Gasteiger partial charge in [0.05, 0.1) is 0 Å². The van der Waals surface area contributed by atoms with Gasteiger partial charge in [-0.05, 0) is 49.5 Å². The van der Waals surface area contributed by atoms with Crippen molar-refractivity contribution in [3.63, 3.8) is 0 Å². The van der Waals surface area contributed by atoms with E-state index in [2.05, 4.69) is 11.8 Å². The van der Waals surface area contributed by atoms with Gasteiger partial charge >= 0.3 is 0 Å². The van der Waals surface area contributed by atoms with Crippen molar-refractivity contribution in [2.24, 2.45) is 5.92 Å². The van der Waals surface area contributed by atoms with Crippen LogP contribution in [0.2, 0.25) is 0 Å². The van der Waals surface area contributed by atoms with Crippen LogP contribution in [0.3, 0.4) is 0 Å². The van der Waals surface area contributed by atoms with Crippen molar-refractivity contribution < 1.29 is 8.78 Å². The number of hydrogen-bond acceptors (Lipinski definition) is 1. The van der Waals surface area contributed by atoms with Gasteiger partial charge in [0.25, 0.3) is 0 Å². The Morgan fingerprint density at radius 2 is 1.69 bits per heavy atom. The summed E-state index contributed by atoms with van der Waals surface area (Å²) in [7, 11) is 0. The monoisotopic (exact) mass is 225 g/mol. The number of piperidine rings is 1. The molecular weight excluding hydrogens is 208 g/mol. The summed E-state index contributed by atoms with van der Waals surface area (Å²) in [6.45, 7) is 4.96. The minimum Gasteiger partial charge on any atom is -0.299 e. The second-order valence-electron chi connectivity index (χ2n) is 4.74. The zero-order valence-electron chi connectivity index (χ0n) is 9.55. The quantitative estimate of drug-likeness (QED) is 0.747. The second kappa shape index (κ2) is 4.91. The van der Waals surface area contributed by atoms with Crippen molar-refractivity contribution >= 4 is 0 Å². The maximum Gasteiger partial charge on any atom is 0.126 e. The van der Waals surface area contributed by atoms with Crippen LogP contribution in [0.25, 0.3) is 0 Å². The molecule has 0 atom stereocenters. The molecule has 3 heteroatoms. The lowest BCUT2D eigenvalue weighted by atomic mass is 9.99. The van der Waals surface area contributed by atoms with E-state index in [4.69, 9.17) is 0 Å². The molecule has 0 radical (unpaired) electrons. The molecule has 16 heavy (non-hydrogen) atoms. The number of benzene rings is 1. The van der Waals surface area contributed by atoms with Crippen molar-refractivity contribution in [2.45, 2.75) is 26.3 Å². The van der Waals surface area contributed by atoms with Gasteiger partial charge in [0.15, 0.2) is 0 Å². The molecule has 1 aromatic carbocycles. The van der Waals surface area contributed by atoms with E-state index in [1.807, 2.05) is 0 Å². The SMILES string of the molecule is CC1CCN(Cc2cc(F)cc(F)c2)CC1. The highest BCUT2D eigenvalue weighted by molar-refractivity contribution is 5.17. The second-order valence-corrected chi connectivity index (χ2v) is 4.74. The molecule has 0 bridgehead atoms. The van der Waals surface area contributed by atoms with E-state index in [1.165, 1.54) is 25.0 Å². The van der Waals surface area contributed by atoms with Gasteiger partial charge in [-0.25, -0.2) is 8.78 Å². The largest absolute Gasteiger partial charge is 0.299 e. The normalized spacial score (nSPS) is 18.9. The first kappa shape index (κ1) is 11.5. The smallest absolute Gasteiger partial charge is 0.126 e. The third-order valence-electron chi connectivity index (χ3n) is 3.20. The minimum absolute atomic E-state index is 0.486. The summed E-state index contributed by atoms with van der Waals surface area (Å²) in [5.41, 5.74) is 0.729. The molecule has 0 aromatic heterocycles. The van der Waals surface area contributed by atoms with E-state index in [-0.39, 0.29) is 0 Å². The number of likely N-dealkylation sites (tertiary alicyclic amines) is 1. The summed E-state index contributed by atoms with van der Waals surface area (Å²) in [4.78, 5) is 2.26. The summed E-state index contributed by atoms with van der Waals surface area (Å²) in [5, 5.41) is 0. The molecule has 1 nitrogen and oxygen atoms in total. The summed E-state index contributed by atoms with van der Waals surface area (Å²) in [5.74, 6) is -0.193. The van der Waals surface area contributed by atoms with E-state index in [0.717, 1.165) is 30.6 Å². The topological polar surface area (TPSA) is 3.24 Å². The highest BCUT2D eigenvalue weighted by Crippen LogP contribution is 2.18. The van der Waals surface area contributed by atoms with Crippen molar-refractivity contribution in [3.05, 3.63) is 35.4 Å². The highest BCUT2D eigenvalue weighted by Gasteiger charge is 2.16. The molecule has 1 saturated heterocycles. The molecule has 0 N–H and O–H groups in total. The molecule has 0 spiro atoms. The molecule has 1 aliphatic rings. The Bertz CT molecular complexity index is 337. The minimum atomic E-state index is -0.486. The molecule has 0 amide bonds. The van der Waals surface area contributed by atoms with Crippen molar-refractivity contribution in [1.29, 1.82) is 0 Å². The molecule has 2 rings (SSSR count). The first-order valence-corrected chi connectivity index (χ1v) is 5.81. The van der Waals surface area contributed by atoms with Crippen molar-refractivity contribution in [2.75, 3.05) is 13.1 Å². The molecule has 1 aromatic rings. The Morgan fingerprint density at radius 1 is 1.12 bits per heavy atom. The van der Waals surface area contributed by atoms with E-state index < -0.39 is 11.6 Å². The third-order valence-corrected chi connectivity index (χ3v) is 3.20. The average Bonchev–Trinajstić information content (AvgIpc) is 2.20. The van der Waals surface area contributed by atoms with E-state index in [1.54, 1.807) is 0 Å². The molecule has 0 aliphatic carbocycles.